The molecular formula is C23H30N4O3. The van der Waals surface area contributed by atoms with Crippen molar-refractivity contribution in [1.29, 1.82) is 0 Å². The predicted octanol–water partition coefficient (Wildman–Crippen LogP) is 3.62. The van der Waals surface area contributed by atoms with Gasteiger partial charge in [0.05, 0.1) is 0 Å². The number of amides is 3. The standard InChI is InChI=1S/C23H30N4O3/c1-16-5-7-18(8-6-16)15-24-23(29)27-13-9-19(10-14-27)21-25-20(17(2)30-21)22(28)26-11-3-4-12-26/h5-8,19H,3-4,9-15H2,1-2H3,(H,24,29). The number of hydrogen-bond acceptors (Lipinski definition) is 4. The van der Waals surface area contributed by atoms with Crippen molar-refractivity contribution in [2.75, 3.05) is 26.2 Å². The molecule has 2 aliphatic rings. The summed E-state index contributed by atoms with van der Waals surface area (Å²) in [4.78, 5) is 33.4. The van der Waals surface area contributed by atoms with Gasteiger partial charge in [0.1, 0.15) is 5.76 Å². The lowest BCUT2D eigenvalue weighted by Gasteiger charge is -2.30. The summed E-state index contributed by atoms with van der Waals surface area (Å²) in [6.07, 6.45) is 3.68. The zero-order valence-electron chi connectivity index (χ0n) is 17.8. The topological polar surface area (TPSA) is 78.7 Å². The minimum Gasteiger partial charge on any atom is -0.445 e. The van der Waals surface area contributed by atoms with Crippen LogP contribution in [-0.2, 0) is 6.54 Å². The number of benzene rings is 1. The molecular weight excluding hydrogens is 380 g/mol. The van der Waals surface area contributed by atoms with Crippen molar-refractivity contribution in [2.24, 2.45) is 0 Å². The summed E-state index contributed by atoms with van der Waals surface area (Å²) in [5, 5.41) is 3.00. The molecule has 2 aliphatic heterocycles. The lowest BCUT2D eigenvalue weighted by atomic mass is 9.97. The smallest absolute Gasteiger partial charge is 0.317 e. The molecule has 0 spiro atoms. The maximum atomic E-state index is 12.7. The van der Waals surface area contributed by atoms with Gasteiger partial charge in [-0.1, -0.05) is 29.8 Å². The normalized spacial score (nSPS) is 17.4. The van der Waals surface area contributed by atoms with Crippen molar-refractivity contribution >= 4 is 11.9 Å². The van der Waals surface area contributed by atoms with Gasteiger partial charge in [-0.3, -0.25) is 4.79 Å². The highest BCUT2D eigenvalue weighted by Gasteiger charge is 2.30. The molecule has 0 atom stereocenters. The van der Waals surface area contributed by atoms with E-state index in [2.05, 4.69) is 10.3 Å². The highest BCUT2D eigenvalue weighted by Crippen LogP contribution is 2.29. The largest absolute Gasteiger partial charge is 0.445 e. The number of nitrogens with one attached hydrogen (secondary N) is 1. The zero-order valence-corrected chi connectivity index (χ0v) is 17.8. The fraction of sp³-hybridized carbons (Fsp3) is 0.522. The molecule has 7 nitrogen and oxygen atoms in total. The van der Waals surface area contributed by atoms with Gasteiger partial charge >= 0.3 is 6.03 Å². The Bertz CT molecular complexity index is 892. The van der Waals surface area contributed by atoms with Crippen LogP contribution in [0.3, 0.4) is 0 Å². The van der Waals surface area contributed by atoms with Crippen molar-refractivity contribution in [3.63, 3.8) is 0 Å². The second-order valence-corrected chi connectivity index (χ2v) is 8.36. The van der Waals surface area contributed by atoms with Crippen LogP contribution in [-0.4, -0.2) is 52.9 Å². The number of piperidine rings is 1. The van der Waals surface area contributed by atoms with E-state index in [1.165, 1.54) is 5.56 Å². The van der Waals surface area contributed by atoms with Gasteiger partial charge < -0.3 is 19.5 Å². The van der Waals surface area contributed by atoms with E-state index in [0.717, 1.165) is 44.3 Å². The molecule has 3 heterocycles. The number of carbonyl (C=O) groups excluding carboxylic acids is 2. The Labute approximate surface area is 177 Å². The zero-order chi connectivity index (χ0) is 21.1. The van der Waals surface area contributed by atoms with E-state index in [1.54, 1.807) is 0 Å². The van der Waals surface area contributed by atoms with Gasteiger partial charge in [0, 0.05) is 38.6 Å². The average molecular weight is 411 g/mol. The first kappa shape index (κ1) is 20.4. The van der Waals surface area contributed by atoms with Gasteiger partial charge in [0.2, 0.25) is 0 Å². The molecule has 0 aliphatic carbocycles. The van der Waals surface area contributed by atoms with E-state index in [-0.39, 0.29) is 17.9 Å². The van der Waals surface area contributed by atoms with Crippen molar-refractivity contribution in [3.8, 4) is 0 Å². The predicted molar refractivity (Wildman–Crippen MR) is 113 cm³/mol. The number of likely N-dealkylation sites (tertiary alicyclic amines) is 2. The summed E-state index contributed by atoms with van der Waals surface area (Å²) in [5.41, 5.74) is 2.75. The van der Waals surface area contributed by atoms with E-state index in [9.17, 15) is 9.59 Å². The number of aromatic nitrogens is 1. The van der Waals surface area contributed by atoms with Gasteiger partial charge in [-0.25, -0.2) is 9.78 Å². The van der Waals surface area contributed by atoms with Gasteiger partial charge in [-0.2, -0.15) is 0 Å². The van der Waals surface area contributed by atoms with Crippen LogP contribution in [0.25, 0.3) is 0 Å². The van der Waals surface area contributed by atoms with Crippen LogP contribution in [0.2, 0.25) is 0 Å². The van der Waals surface area contributed by atoms with Crippen molar-refractivity contribution < 1.29 is 14.0 Å². The van der Waals surface area contributed by atoms with Crippen LogP contribution in [0, 0.1) is 13.8 Å². The first-order chi connectivity index (χ1) is 14.5. The lowest BCUT2D eigenvalue weighted by molar-refractivity contribution is 0.0786. The van der Waals surface area contributed by atoms with Crippen molar-refractivity contribution in [1.82, 2.24) is 20.1 Å². The highest BCUT2D eigenvalue weighted by molar-refractivity contribution is 5.93. The molecule has 30 heavy (non-hydrogen) atoms. The Morgan fingerprint density at radius 1 is 1.03 bits per heavy atom. The first-order valence-electron chi connectivity index (χ1n) is 10.9. The van der Waals surface area contributed by atoms with Crippen LogP contribution in [0.15, 0.2) is 28.7 Å². The number of hydrogen-bond donors (Lipinski definition) is 1. The number of carbonyl (C=O) groups is 2. The maximum absolute atomic E-state index is 12.7. The second kappa shape index (κ2) is 8.90. The molecule has 160 valence electrons. The molecule has 7 heteroatoms. The van der Waals surface area contributed by atoms with Crippen molar-refractivity contribution in [2.45, 2.75) is 52.0 Å². The number of urea groups is 1. The SMILES string of the molecule is Cc1ccc(CNC(=O)N2CCC(c3nc(C(=O)N4CCCC4)c(C)o3)CC2)cc1. The number of oxazole rings is 1. The maximum Gasteiger partial charge on any atom is 0.317 e. The Balaban J connectivity index is 1.30. The lowest BCUT2D eigenvalue weighted by Crippen LogP contribution is -2.43. The van der Waals surface area contributed by atoms with E-state index < -0.39 is 0 Å². The van der Waals surface area contributed by atoms with Gasteiger partial charge in [-0.05, 0) is 45.1 Å². The second-order valence-electron chi connectivity index (χ2n) is 8.36. The van der Waals surface area contributed by atoms with E-state index >= 15 is 0 Å². The van der Waals surface area contributed by atoms with Crippen LogP contribution >= 0.6 is 0 Å². The van der Waals surface area contributed by atoms with E-state index in [4.69, 9.17) is 4.42 Å². The van der Waals surface area contributed by atoms with Crippen molar-refractivity contribution in [3.05, 3.63) is 52.7 Å². The van der Waals surface area contributed by atoms with Gasteiger partial charge in [0.15, 0.2) is 11.6 Å². The molecule has 2 aromatic rings. The summed E-state index contributed by atoms with van der Waals surface area (Å²) >= 11 is 0. The first-order valence-corrected chi connectivity index (χ1v) is 10.9. The summed E-state index contributed by atoms with van der Waals surface area (Å²) in [7, 11) is 0. The van der Waals surface area contributed by atoms with Crippen LogP contribution in [0.1, 0.15) is 64.9 Å². The summed E-state index contributed by atoms with van der Waals surface area (Å²) in [5.74, 6) is 1.35. The van der Waals surface area contributed by atoms with E-state index in [1.807, 2.05) is 47.9 Å². The average Bonchev–Trinajstić information content (AvgIpc) is 3.43. The molecule has 2 saturated heterocycles. The minimum absolute atomic E-state index is 0.0204. The third kappa shape index (κ3) is 4.50. The molecule has 0 radical (unpaired) electrons. The number of nitrogens with zero attached hydrogens (tertiary/aromatic N) is 3. The molecule has 1 aromatic carbocycles. The molecule has 1 aromatic heterocycles. The minimum atomic E-state index is -0.0393. The third-order valence-corrected chi connectivity index (χ3v) is 6.10. The number of rotatable bonds is 4. The van der Waals surface area contributed by atoms with Crippen LogP contribution in [0.4, 0.5) is 4.79 Å². The Hall–Kier alpha value is -2.83. The summed E-state index contributed by atoms with van der Waals surface area (Å²) in [6, 6.07) is 8.13. The quantitative estimate of drug-likeness (QED) is 0.835. The summed E-state index contributed by atoms with van der Waals surface area (Å²) < 4.78 is 5.87. The Kier molecular flexibility index (Phi) is 6.06. The molecule has 0 saturated carbocycles. The van der Waals surface area contributed by atoms with Gasteiger partial charge in [-0.15, -0.1) is 0 Å². The fourth-order valence-corrected chi connectivity index (χ4v) is 4.18. The summed E-state index contributed by atoms with van der Waals surface area (Å²) in [6.45, 7) is 7.30. The Morgan fingerprint density at radius 2 is 1.70 bits per heavy atom. The van der Waals surface area contributed by atoms with E-state index in [0.29, 0.717) is 37.0 Å². The van der Waals surface area contributed by atoms with Crippen LogP contribution in [0.5, 0.6) is 0 Å². The fourth-order valence-electron chi connectivity index (χ4n) is 4.18. The van der Waals surface area contributed by atoms with Gasteiger partial charge in [0.25, 0.3) is 5.91 Å². The molecule has 0 unspecified atom stereocenters. The Morgan fingerprint density at radius 3 is 2.37 bits per heavy atom. The van der Waals surface area contributed by atoms with Crippen LogP contribution < -0.4 is 5.32 Å². The third-order valence-electron chi connectivity index (χ3n) is 6.10. The number of aryl methyl sites for hydroxylation is 2. The molecule has 3 amide bonds. The molecule has 2 fully saturated rings. The molecule has 1 N–H and O–H groups in total. The highest BCUT2D eigenvalue weighted by atomic mass is 16.4. The molecule has 0 bridgehead atoms. The monoisotopic (exact) mass is 410 g/mol. The molecule has 4 rings (SSSR count).